The highest BCUT2D eigenvalue weighted by atomic mass is 32.1. The van der Waals surface area contributed by atoms with Gasteiger partial charge in [-0.05, 0) is 37.4 Å². The predicted octanol–water partition coefficient (Wildman–Crippen LogP) is 4.24. The van der Waals surface area contributed by atoms with E-state index >= 15 is 0 Å². The fourth-order valence-corrected chi connectivity index (χ4v) is 3.95. The molecule has 27 heavy (non-hydrogen) atoms. The molecule has 3 rings (SSSR count). The number of benzene rings is 1. The molecule has 0 radical (unpaired) electrons. The average Bonchev–Trinajstić information content (AvgIpc) is 3.31. The normalized spacial score (nSPS) is 11.4. The van der Waals surface area contributed by atoms with Crippen LogP contribution in [0.2, 0.25) is 0 Å². The van der Waals surface area contributed by atoms with E-state index in [1.807, 2.05) is 22.9 Å². The fraction of sp³-hybridized carbons (Fsp3) is 0.158. The second-order valence-electron chi connectivity index (χ2n) is 5.64. The van der Waals surface area contributed by atoms with E-state index in [-0.39, 0.29) is 0 Å². The Morgan fingerprint density at radius 3 is 2.78 bits per heavy atom. The van der Waals surface area contributed by atoms with Crippen molar-refractivity contribution >= 4 is 40.2 Å². The van der Waals surface area contributed by atoms with E-state index in [4.69, 9.17) is 10.00 Å². The van der Waals surface area contributed by atoms with Crippen LogP contribution in [0.1, 0.15) is 27.9 Å². The smallest absolute Gasteiger partial charge is 0.351 e. The minimum Gasteiger partial charge on any atom is -0.448 e. The van der Waals surface area contributed by atoms with Gasteiger partial charge in [-0.15, -0.1) is 11.3 Å². The van der Waals surface area contributed by atoms with E-state index in [0.717, 1.165) is 10.6 Å². The van der Waals surface area contributed by atoms with Gasteiger partial charge in [0.15, 0.2) is 6.10 Å². The van der Waals surface area contributed by atoms with Crippen molar-refractivity contribution in [2.75, 3.05) is 5.32 Å². The number of carbonyl (C=O) groups is 2. The molecule has 2 aromatic heterocycles. The van der Waals surface area contributed by atoms with E-state index in [1.165, 1.54) is 18.3 Å². The van der Waals surface area contributed by atoms with Gasteiger partial charge in [-0.1, -0.05) is 12.1 Å². The quantitative estimate of drug-likeness (QED) is 0.650. The summed E-state index contributed by atoms with van der Waals surface area (Å²) >= 11 is 2.79. The molecule has 6 nitrogen and oxygen atoms in total. The Morgan fingerprint density at radius 1 is 1.30 bits per heavy atom. The van der Waals surface area contributed by atoms with Crippen LogP contribution >= 0.6 is 22.7 Å². The molecule has 1 aromatic carbocycles. The van der Waals surface area contributed by atoms with Crippen molar-refractivity contribution in [3.63, 3.8) is 0 Å². The van der Waals surface area contributed by atoms with Gasteiger partial charge in [0.2, 0.25) is 0 Å². The van der Waals surface area contributed by atoms with Gasteiger partial charge in [0, 0.05) is 10.9 Å². The molecule has 1 atom stereocenters. The molecular formula is C19H15N3O3S2. The number of nitrogens with zero attached hydrogens (tertiary/aromatic N) is 2. The van der Waals surface area contributed by atoms with Gasteiger partial charge in [-0.2, -0.15) is 16.6 Å². The molecule has 0 saturated heterocycles. The van der Waals surface area contributed by atoms with Gasteiger partial charge in [-0.3, -0.25) is 4.79 Å². The number of rotatable bonds is 5. The Labute approximate surface area is 164 Å². The van der Waals surface area contributed by atoms with Gasteiger partial charge >= 0.3 is 5.97 Å². The van der Waals surface area contributed by atoms with Gasteiger partial charge < -0.3 is 10.1 Å². The number of thiophene rings is 1. The number of nitrogens with one attached hydrogen (secondary N) is 1. The maximum atomic E-state index is 12.5. The lowest BCUT2D eigenvalue weighted by Crippen LogP contribution is -2.30. The molecule has 0 saturated carbocycles. The van der Waals surface area contributed by atoms with Crippen molar-refractivity contribution in [3.05, 3.63) is 57.2 Å². The number of thiazole rings is 1. The largest absolute Gasteiger partial charge is 0.448 e. The molecule has 1 unspecified atom stereocenters. The van der Waals surface area contributed by atoms with E-state index in [1.54, 1.807) is 42.5 Å². The number of para-hydroxylation sites is 1. The summed E-state index contributed by atoms with van der Waals surface area (Å²) < 4.78 is 5.29. The van der Waals surface area contributed by atoms with Crippen LogP contribution in [0.5, 0.6) is 0 Å². The lowest BCUT2D eigenvalue weighted by molar-refractivity contribution is -0.123. The molecule has 0 aliphatic carbocycles. The first-order chi connectivity index (χ1) is 13.0. The van der Waals surface area contributed by atoms with Crippen LogP contribution in [0.25, 0.3) is 10.6 Å². The van der Waals surface area contributed by atoms with Crippen LogP contribution in [0, 0.1) is 18.3 Å². The zero-order valence-corrected chi connectivity index (χ0v) is 16.2. The minimum atomic E-state index is -1.02. The average molecular weight is 397 g/mol. The van der Waals surface area contributed by atoms with E-state index in [9.17, 15) is 9.59 Å². The standard InChI is InChI=1S/C19H15N3O3S2/c1-11-16(27-18(21-11)14-7-8-26-10-14)19(24)25-12(2)17(23)22-15-6-4-3-5-13(15)9-20/h3-8,10,12H,1-2H3,(H,22,23). The van der Waals surface area contributed by atoms with Crippen molar-refractivity contribution in [1.29, 1.82) is 5.26 Å². The number of aromatic nitrogens is 1. The summed E-state index contributed by atoms with van der Waals surface area (Å²) in [7, 11) is 0. The Hall–Kier alpha value is -3.02. The predicted molar refractivity (Wildman–Crippen MR) is 105 cm³/mol. The first kappa shape index (κ1) is 18.8. The van der Waals surface area contributed by atoms with Crippen LogP contribution in [-0.2, 0) is 9.53 Å². The molecule has 2 heterocycles. The lowest BCUT2D eigenvalue weighted by atomic mass is 10.2. The molecule has 136 valence electrons. The van der Waals surface area contributed by atoms with E-state index < -0.39 is 18.0 Å². The molecule has 0 spiro atoms. The highest BCUT2D eigenvalue weighted by Gasteiger charge is 2.23. The summed E-state index contributed by atoms with van der Waals surface area (Å²) in [5.74, 6) is -1.10. The molecule has 0 fully saturated rings. The van der Waals surface area contributed by atoms with Crippen LogP contribution in [0.15, 0.2) is 41.1 Å². The summed E-state index contributed by atoms with van der Waals surface area (Å²) in [6, 6.07) is 10.6. The molecule has 0 bridgehead atoms. The summed E-state index contributed by atoms with van der Waals surface area (Å²) in [5.41, 5.74) is 2.23. The molecule has 0 aliphatic heterocycles. The molecular weight excluding hydrogens is 382 g/mol. The number of ether oxygens (including phenoxy) is 1. The van der Waals surface area contributed by atoms with Crippen molar-refractivity contribution in [1.82, 2.24) is 4.98 Å². The Balaban J connectivity index is 1.69. The number of esters is 1. The first-order valence-electron chi connectivity index (χ1n) is 8.00. The van der Waals surface area contributed by atoms with Crippen LogP contribution in [-0.4, -0.2) is 23.0 Å². The van der Waals surface area contributed by atoms with E-state index in [0.29, 0.717) is 21.8 Å². The number of hydrogen-bond acceptors (Lipinski definition) is 7. The van der Waals surface area contributed by atoms with Crippen molar-refractivity contribution < 1.29 is 14.3 Å². The van der Waals surface area contributed by atoms with Gasteiger partial charge in [-0.25, -0.2) is 9.78 Å². The molecule has 8 heteroatoms. The maximum Gasteiger partial charge on any atom is 0.351 e. The van der Waals surface area contributed by atoms with Gasteiger partial charge in [0.1, 0.15) is 16.0 Å². The van der Waals surface area contributed by atoms with Crippen molar-refractivity contribution in [2.45, 2.75) is 20.0 Å². The second kappa shape index (κ2) is 8.12. The Kier molecular flexibility index (Phi) is 5.64. The Morgan fingerprint density at radius 2 is 2.07 bits per heavy atom. The number of nitriles is 1. The molecule has 1 N–H and O–H groups in total. The lowest BCUT2D eigenvalue weighted by Gasteiger charge is -2.13. The summed E-state index contributed by atoms with van der Waals surface area (Å²) in [6.07, 6.45) is -1.02. The van der Waals surface area contributed by atoms with Crippen LogP contribution in [0.4, 0.5) is 5.69 Å². The number of hydrogen-bond donors (Lipinski definition) is 1. The molecule has 1 amide bonds. The van der Waals surface area contributed by atoms with E-state index in [2.05, 4.69) is 10.3 Å². The highest BCUT2D eigenvalue weighted by Crippen LogP contribution is 2.30. The number of anilines is 1. The minimum absolute atomic E-state index is 0.336. The summed E-state index contributed by atoms with van der Waals surface area (Å²) in [4.78, 5) is 29.5. The van der Waals surface area contributed by atoms with Crippen molar-refractivity contribution in [2.24, 2.45) is 0 Å². The maximum absolute atomic E-state index is 12.5. The molecule has 3 aromatic rings. The third-order valence-electron chi connectivity index (χ3n) is 3.71. The van der Waals surface area contributed by atoms with Gasteiger partial charge in [0.05, 0.1) is 16.9 Å². The molecule has 0 aliphatic rings. The zero-order valence-electron chi connectivity index (χ0n) is 14.6. The first-order valence-corrected chi connectivity index (χ1v) is 9.76. The summed E-state index contributed by atoms with van der Waals surface area (Å²) in [5, 5.41) is 16.3. The topological polar surface area (TPSA) is 92.1 Å². The highest BCUT2D eigenvalue weighted by molar-refractivity contribution is 7.17. The van der Waals surface area contributed by atoms with Gasteiger partial charge in [0.25, 0.3) is 5.91 Å². The monoisotopic (exact) mass is 397 g/mol. The number of amides is 1. The summed E-state index contributed by atoms with van der Waals surface area (Å²) in [6.45, 7) is 3.22. The zero-order chi connectivity index (χ0) is 19.4. The van der Waals surface area contributed by atoms with Crippen LogP contribution < -0.4 is 5.32 Å². The third-order valence-corrected chi connectivity index (χ3v) is 5.58. The SMILES string of the molecule is Cc1nc(-c2ccsc2)sc1C(=O)OC(C)C(=O)Nc1ccccc1C#N. The number of carbonyl (C=O) groups excluding carboxylic acids is 2. The van der Waals surface area contributed by atoms with Crippen molar-refractivity contribution in [3.8, 4) is 16.6 Å². The fourth-order valence-electron chi connectivity index (χ4n) is 2.29. The second-order valence-corrected chi connectivity index (χ2v) is 7.42. The third kappa shape index (κ3) is 4.22. The Bertz CT molecular complexity index is 1020. The van der Waals surface area contributed by atoms with Crippen LogP contribution in [0.3, 0.4) is 0 Å². The number of aryl methyl sites for hydroxylation is 1.